The van der Waals surface area contributed by atoms with Crippen molar-refractivity contribution in [2.24, 2.45) is 0 Å². The van der Waals surface area contributed by atoms with Crippen LogP contribution >= 0.6 is 0 Å². The number of hydrogen-bond acceptors (Lipinski definition) is 2. The third-order valence-electron chi connectivity index (χ3n) is 5.87. The molecule has 1 aliphatic heterocycles. The number of fused-ring (bicyclic) bond motifs is 3. The predicted molar refractivity (Wildman–Crippen MR) is 102 cm³/mol. The van der Waals surface area contributed by atoms with E-state index in [1.807, 2.05) is 68.1 Å². The molecule has 0 saturated heterocycles. The number of rotatable bonds is 2. The Balaban J connectivity index is 2.12. The molecule has 0 amide bonds. The van der Waals surface area contributed by atoms with Gasteiger partial charge in [0.2, 0.25) is 0 Å². The van der Waals surface area contributed by atoms with Crippen LogP contribution in [0.5, 0.6) is 0 Å². The summed E-state index contributed by atoms with van der Waals surface area (Å²) in [7, 11) is 0. The van der Waals surface area contributed by atoms with Gasteiger partial charge >= 0.3 is 5.97 Å². The van der Waals surface area contributed by atoms with Gasteiger partial charge in [-0.2, -0.15) is 0 Å². The Kier molecular flexibility index (Phi) is 3.20. The highest BCUT2D eigenvalue weighted by atomic mass is 16.4. The molecule has 25 heavy (non-hydrogen) atoms. The maximum Gasteiger partial charge on any atom is 0.330 e. The lowest BCUT2D eigenvalue weighted by atomic mass is 9.70. The number of carbonyl (C=O) groups is 1. The molecule has 3 aromatic rings. The highest BCUT2D eigenvalue weighted by molar-refractivity contribution is 6.01. The second-order valence-corrected chi connectivity index (χ2v) is 7.35. The first-order valence-corrected chi connectivity index (χ1v) is 8.50. The van der Waals surface area contributed by atoms with Gasteiger partial charge in [0, 0.05) is 16.8 Å². The first-order valence-electron chi connectivity index (χ1n) is 8.50. The van der Waals surface area contributed by atoms with Gasteiger partial charge in [0.15, 0.2) is 0 Å². The van der Waals surface area contributed by atoms with Crippen molar-refractivity contribution < 1.29 is 9.90 Å². The van der Waals surface area contributed by atoms with Gasteiger partial charge in [0.1, 0.15) is 5.54 Å². The SMILES string of the molecule is CC1(C)c2c(ccc3ccccc23)N(c2ccccc2)C1(C)C(=O)O. The van der Waals surface area contributed by atoms with Crippen LogP contribution in [0.3, 0.4) is 0 Å². The minimum atomic E-state index is -1.08. The molecule has 0 bridgehead atoms. The van der Waals surface area contributed by atoms with E-state index in [-0.39, 0.29) is 0 Å². The molecule has 3 heteroatoms. The zero-order valence-electron chi connectivity index (χ0n) is 14.7. The lowest BCUT2D eigenvalue weighted by Gasteiger charge is -2.41. The predicted octanol–water partition coefficient (Wildman–Crippen LogP) is 5.11. The molecular formula is C22H21NO2. The van der Waals surface area contributed by atoms with Crippen molar-refractivity contribution in [1.29, 1.82) is 0 Å². The van der Waals surface area contributed by atoms with Crippen LogP contribution in [0.25, 0.3) is 10.8 Å². The van der Waals surface area contributed by atoms with Crippen molar-refractivity contribution in [3.05, 3.63) is 72.3 Å². The number of anilines is 2. The van der Waals surface area contributed by atoms with Gasteiger partial charge < -0.3 is 10.0 Å². The van der Waals surface area contributed by atoms with Crippen molar-refractivity contribution >= 4 is 28.1 Å². The Morgan fingerprint density at radius 2 is 1.52 bits per heavy atom. The lowest BCUT2D eigenvalue weighted by molar-refractivity contribution is -0.144. The van der Waals surface area contributed by atoms with E-state index in [0.717, 1.165) is 27.7 Å². The number of carboxylic acids is 1. The average Bonchev–Trinajstić information content (AvgIpc) is 2.80. The molecule has 0 aliphatic carbocycles. The highest BCUT2D eigenvalue weighted by Crippen LogP contribution is 2.56. The summed E-state index contributed by atoms with van der Waals surface area (Å²) < 4.78 is 0. The third-order valence-corrected chi connectivity index (χ3v) is 5.87. The summed E-state index contributed by atoms with van der Waals surface area (Å²) in [5.74, 6) is -0.818. The normalized spacial score (nSPS) is 21.3. The summed E-state index contributed by atoms with van der Waals surface area (Å²) >= 11 is 0. The summed E-state index contributed by atoms with van der Waals surface area (Å²) in [5.41, 5.74) is 1.32. The largest absolute Gasteiger partial charge is 0.479 e. The maximum atomic E-state index is 12.5. The second-order valence-electron chi connectivity index (χ2n) is 7.35. The molecule has 0 aromatic heterocycles. The van der Waals surface area contributed by atoms with E-state index in [1.54, 1.807) is 0 Å². The molecular weight excluding hydrogens is 310 g/mol. The van der Waals surface area contributed by atoms with Crippen LogP contribution in [-0.4, -0.2) is 16.6 Å². The summed E-state index contributed by atoms with van der Waals surface area (Å²) in [6, 6.07) is 22.1. The molecule has 1 aliphatic rings. The van der Waals surface area contributed by atoms with E-state index in [1.165, 1.54) is 0 Å². The number of carboxylic acid groups (broad SMARTS) is 1. The quantitative estimate of drug-likeness (QED) is 0.709. The maximum absolute atomic E-state index is 12.5. The molecule has 0 saturated carbocycles. The van der Waals surface area contributed by atoms with E-state index < -0.39 is 16.9 Å². The Hall–Kier alpha value is -2.81. The summed E-state index contributed by atoms with van der Waals surface area (Å²) in [6.07, 6.45) is 0. The monoisotopic (exact) mass is 331 g/mol. The van der Waals surface area contributed by atoms with E-state index in [2.05, 4.69) is 24.3 Å². The molecule has 0 radical (unpaired) electrons. The summed E-state index contributed by atoms with van der Waals surface area (Å²) in [5, 5.41) is 12.5. The lowest BCUT2D eigenvalue weighted by Crippen LogP contribution is -2.57. The molecule has 1 N–H and O–H groups in total. The van der Waals surface area contributed by atoms with Gasteiger partial charge in [0.05, 0.1) is 0 Å². The van der Waals surface area contributed by atoms with Crippen LogP contribution in [0, 0.1) is 0 Å². The van der Waals surface area contributed by atoms with Crippen molar-refractivity contribution in [2.75, 3.05) is 4.90 Å². The number of aliphatic carboxylic acids is 1. The van der Waals surface area contributed by atoms with Gasteiger partial charge in [-0.1, -0.05) is 62.4 Å². The summed E-state index contributed by atoms with van der Waals surface area (Å²) in [4.78, 5) is 14.5. The molecule has 3 nitrogen and oxygen atoms in total. The molecule has 1 atom stereocenters. The topological polar surface area (TPSA) is 40.5 Å². The standard InChI is InChI=1S/C22H21NO2/c1-21(2)19-17-12-8-7-9-15(17)13-14-18(19)23(22(21,3)20(24)25)16-10-5-4-6-11-16/h4-14H,1-3H3,(H,24,25). The molecule has 1 unspecified atom stereocenters. The van der Waals surface area contributed by atoms with Gasteiger partial charge in [-0.15, -0.1) is 0 Å². The van der Waals surface area contributed by atoms with Gasteiger partial charge in [0.25, 0.3) is 0 Å². The van der Waals surface area contributed by atoms with Crippen molar-refractivity contribution in [1.82, 2.24) is 0 Å². The number of benzene rings is 3. The smallest absolute Gasteiger partial charge is 0.330 e. The molecule has 0 spiro atoms. The van der Waals surface area contributed by atoms with Crippen LogP contribution in [0.4, 0.5) is 11.4 Å². The van der Waals surface area contributed by atoms with Crippen LogP contribution in [0.1, 0.15) is 26.3 Å². The third kappa shape index (κ3) is 1.89. The molecule has 126 valence electrons. The second kappa shape index (κ2) is 5.09. The van der Waals surface area contributed by atoms with E-state index in [9.17, 15) is 9.90 Å². The average molecular weight is 331 g/mol. The molecule has 1 heterocycles. The van der Waals surface area contributed by atoms with Gasteiger partial charge in [-0.05, 0) is 41.5 Å². The minimum Gasteiger partial charge on any atom is -0.479 e. The van der Waals surface area contributed by atoms with Gasteiger partial charge in [-0.3, -0.25) is 0 Å². The van der Waals surface area contributed by atoms with Crippen LogP contribution in [-0.2, 0) is 10.2 Å². The van der Waals surface area contributed by atoms with Gasteiger partial charge in [-0.25, -0.2) is 4.79 Å². The number of para-hydroxylation sites is 1. The summed E-state index contributed by atoms with van der Waals surface area (Å²) in [6.45, 7) is 5.90. The fourth-order valence-corrected chi connectivity index (χ4v) is 4.20. The molecule has 4 rings (SSSR count). The van der Waals surface area contributed by atoms with E-state index in [4.69, 9.17) is 0 Å². The van der Waals surface area contributed by atoms with Crippen molar-refractivity contribution in [3.8, 4) is 0 Å². The minimum absolute atomic E-state index is 0.565. The van der Waals surface area contributed by atoms with Crippen LogP contribution in [0.2, 0.25) is 0 Å². The molecule has 0 fully saturated rings. The first-order chi connectivity index (χ1) is 11.9. The van der Waals surface area contributed by atoms with Crippen molar-refractivity contribution in [2.45, 2.75) is 31.7 Å². The van der Waals surface area contributed by atoms with Crippen LogP contribution in [0.15, 0.2) is 66.7 Å². The first kappa shape index (κ1) is 15.7. The fraction of sp³-hybridized carbons (Fsp3) is 0.227. The van der Waals surface area contributed by atoms with E-state index in [0.29, 0.717) is 0 Å². The number of hydrogen-bond donors (Lipinski definition) is 1. The fourth-order valence-electron chi connectivity index (χ4n) is 4.20. The number of nitrogens with zero attached hydrogens (tertiary/aromatic N) is 1. The zero-order valence-corrected chi connectivity index (χ0v) is 14.7. The Bertz CT molecular complexity index is 978. The Morgan fingerprint density at radius 3 is 2.20 bits per heavy atom. The zero-order chi connectivity index (χ0) is 17.8. The van der Waals surface area contributed by atoms with Crippen molar-refractivity contribution in [3.63, 3.8) is 0 Å². The highest BCUT2D eigenvalue weighted by Gasteiger charge is 2.59. The molecule has 3 aromatic carbocycles. The van der Waals surface area contributed by atoms with E-state index >= 15 is 0 Å². The Morgan fingerprint density at radius 1 is 0.880 bits per heavy atom. The Labute approximate surface area is 147 Å². The van der Waals surface area contributed by atoms with Crippen LogP contribution < -0.4 is 4.90 Å².